The van der Waals surface area contributed by atoms with Crippen molar-refractivity contribution in [1.82, 2.24) is 30.6 Å². The third-order valence-corrected chi connectivity index (χ3v) is 5.80. The lowest BCUT2D eigenvalue weighted by Crippen LogP contribution is -2.26. The monoisotopic (exact) mass is 465 g/mol. The Morgan fingerprint density at radius 3 is 2.51 bits per heavy atom. The predicted molar refractivity (Wildman–Crippen MR) is 133 cm³/mol. The number of rotatable bonds is 8. The van der Waals surface area contributed by atoms with E-state index in [2.05, 4.69) is 66.7 Å². The molecule has 9 nitrogen and oxygen atoms in total. The largest absolute Gasteiger partial charge is 0.478 e. The van der Waals surface area contributed by atoms with Gasteiger partial charge in [-0.15, -0.1) is 5.10 Å². The maximum absolute atomic E-state index is 12.0. The average molecular weight is 466 g/mol. The minimum Gasteiger partial charge on any atom is -0.478 e. The van der Waals surface area contributed by atoms with Crippen molar-refractivity contribution in [3.8, 4) is 22.5 Å². The molecule has 5 rings (SSSR count). The van der Waals surface area contributed by atoms with E-state index in [4.69, 9.17) is 0 Å². The number of pyridine rings is 2. The lowest BCUT2D eigenvalue weighted by Gasteiger charge is -2.27. The van der Waals surface area contributed by atoms with Gasteiger partial charge in [-0.25, -0.2) is 9.89 Å². The quantitative estimate of drug-likeness (QED) is 0.341. The van der Waals surface area contributed by atoms with Gasteiger partial charge in [-0.1, -0.05) is 55.5 Å². The molecule has 2 N–H and O–H groups in total. The highest BCUT2D eigenvalue weighted by atomic mass is 16.4. The Balaban J connectivity index is 1.50. The molecule has 0 unspecified atom stereocenters. The van der Waals surface area contributed by atoms with Crippen LogP contribution in [0.25, 0.3) is 33.5 Å². The number of hydrogen-bond acceptors (Lipinski definition) is 7. The Kier molecular flexibility index (Phi) is 6.13. The van der Waals surface area contributed by atoms with E-state index in [1.807, 2.05) is 30.3 Å². The number of fused-ring (bicyclic) bond motifs is 1. The van der Waals surface area contributed by atoms with Crippen LogP contribution in [0, 0.1) is 0 Å². The Hall–Kier alpha value is -4.66. The summed E-state index contributed by atoms with van der Waals surface area (Å²) in [6.07, 6.45) is 3.94. The zero-order chi connectivity index (χ0) is 24.2. The van der Waals surface area contributed by atoms with E-state index >= 15 is 0 Å². The number of carbonyl (C=O) groups is 1. The highest BCUT2D eigenvalue weighted by Crippen LogP contribution is 2.32. The first-order chi connectivity index (χ1) is 17.2. The third-order valence-electron chi connectivity index (χ3n) is 5.80. The van der Waals surface area contributed by atoms with Crippen molar-refractivity contribution in [1.29, 1.82) is 0 Å². The fourth-order valence-electron chi connectivity index (χ4n) is 4.25. The zero-order valence-corrected chi connectivity index (χ0v) is 19.1. The molecule has 0 radical (unpaired) electrons. The number of nitrogens with one attached hydrogen (secondary N) is 1. The second-order valence-electron chi connectivity index (χ2n) is 8.11. The van der Waals surface area contributed by atoms with E-state index in [1.54, 1.807) is 12.3 Å². The molecule has 0 bridgehead atoms. The van der Waals surface area contributed by atoms with E-state index in [9.17, 15) is 9.90 Å². The van der Waals surface area contributed by atoms with Crippen LogP contribution in [0.4, 0.5) is 5.69 Å². The first-order valence-electron chi connectivity index (χ1n) is 11.3. The highest BCUT2D eigenvalue weighted by Gasteiger charge is 2.21. The first-order valence-corrected chi connectivity index (χ1v) is 11.3. The Morgan fingerprint density at radius 1 is 1.00 bits per heavy atom. The summed E-state index contributed by atoms with van der Waals surface area (Å²) < 4.78 is 0. The summed E-state index contributed by atoms with van der Waals surface area (Å²) >= 11 is 0. The molecule has 0 saturated carbocycles. The molecule has 0 aliphatic heterocycles. The van der Waals surface area contributed by atoms with E-state index in [-0.39, 0.29) is 5.56 Å². The summed E-state index contributed by atoms with van der Waals surface area (Å²) in [5.41, 5.74) is 6.02. The van der Waals surface area contributed by atoms with Gasteiger partial charge in [0.15, 0.2) is 5.82 Å². The Bertz CT molecular complexity index is 1470. The second-order valence-corrected chi connectivity index (χ2v) is 8.11. The van der Waals surface area contributed by atoms with Crippen molar-refractivity contribution in [3.63, 3.8) is 0 Å². The molecule has 0 atom stereocenters. The SMILES string of the molecule is CCCN(Cc1ccc(-c2ccccc2-c2nnn[nH]2)cc1)c1c(C(=O)O)cnc2cccnc12. The van der Waals surface area contributed by atoms with Crippen molar-refractivity contribution < 1.29 is 9.90 Å². The standard InChI is InChI=1S/C26H23N7O2/c1-2-14-33(24-21(26(34)35)15-28-22-8-5-13-27-23(22)24)16-17-9-11-18(12-10-17)19-6-3-4-7-20(19)25-29-31-32-30-25/h3-13,15H,2,14,16H2,1H3,(H,34,35)(H,29,30,31,32). The van der Waals surface area contributed by atoms with E-state index in [1.165, 1.54) is 6.20 Å². The van der Waals surface area contributed by atoms with Crippen LogP contribution in [-0.4, -0.2) is 48.2 Å². The van der Waals surface area contributed by atoms with Crippen LogP contribution in [-0.2, 0) is 6.54 Å². The molecular weight excluding hydrogens is 442 g/mol. The Labute approximate surface area is 201 Å². The van der Waals surface area contributed by atoms with E-state index in [0.29, 0.717) is 35.6 Å². The number of H-pyrrole nitrogens is 1. The number of benzene rings is 2. The second kappa shape index (κ2) is 9.68. The number of nitrogens with zero attached hydrogens (tertiary/aromatic N) is 6. The Morgan fingerprint density at radius 2 is 1.80 bits per heavy atom. The molecule has 35 heavy (non-hydrogen) atoms. The number of tetrazole rings is 1. The molecule has 0 amide bonds. The normalized spacial score (nSPS) is 11.0. The van der Waals surface area contributed by atoms with Crippen LogP contribution in [0.3, 0.4) is 0 Å². The highest BCUT2D eigenvalue weighted by molar-refractivity contribution is 6.03. The van der Waals surface area contributed by atoms with Gasteiger partial charge < -0.3 is 10.0 Å². The van der Waals surface area contributed by atoms with Crippen LogP contribution >= 0.6 is 0 Å². The maximum Gasteiger partial charge on any atom is 0.339 e. The summed E-state index contributed by atoms with van der Waals surface area (Å²) in [6.45, 7) is 3.29. The molecule has 0 spiro atoms. The van der Waals surface area contributed by atoms with Gasteiger partial charge in [0.05, 0.1) is 11.2 Å². The number of carboxylic acid groups (broad SMARTS) is 1. The minimum absolute atomic E-state index is 0.149. The first kappa shape index (κ1) is 22.1. The molecular formula is C26H23N7O2. The summed E-state index contributed by atoms with van der Waals surface area (Å²) in [4.78, 5) is 22.9. The van der Waals surface area contributed by atoms with Gasteiger partial charge in [-0.05, 0) is 45.7 Å². The molecule has 3 aromatic heterocycles. The van der Waals surface area contributed by atoms with Crippen molar-refractivity contribution in [3.05, 3.63) is 84.2 Å². The fourth-order valence-corrected chi connectivity index (χ4v) is 4.25. The van der Waals surface area contributed by atoms with Crippen molar-refractivity contribution in [2.75, 3.05) is 11.4 Å². The molecule has 2 aromatic carbocycles. The molecule has 0 saturated heterocycles. The molecule has 9 heteroatoms. The van der Waals surface area contributed by atoms with Gasteiger partial charge in [0.2, 0.25) is 0 Å². The number of aromatic amines is 1. The summed E-state index contributed by atoms with van der Waals surface area (Å²) in [6, 6.07) is 19.8. The topological polar surface area (TPSA) is 121 Å². The van der Waals surface area contributed by atoms with Crippen LogP contribution in [0.1, 0.15) is 29.3 Å². The maximum atomic E-state index is 12.0. The third kappa shape index (κ3) is 4.43. The average Bonchev–Trinajstić information content (AvgIpc) is 3.43. The van der Waals surface area contributed by atoms with E-state index in [0.717, 1.165) is 28.7 Å². The van der Waals surface area contributed by atoms with Crippen LogP contribution < -0.4 is 4.90 Å². The smallest absolute Gasteiger partial charge is 0.339 e. The van der Waals surface area contributed by atoms with Gasteiger partial charge >= 0.3 is 5.97 Å². The number of aromatic carboxylic acids is 1. The van der Waals surface area contributed by atoms with Gasteiger partial charge in [0.1, 0.15) is 11.1 Å². The minimum atomic E-state index is -1.02. The van der Waals surface area contributed by atoms with Gasteiger partial charge in [0, 0.05) is 31.0 Å². The van der Waals surface area contributed by atoms with Crippen LogP contribution in [0.5, 0.6) is 0 Å². The molecule has 0 fully saturated rings. The van der Waals surface area contributed by atoms with Crippen LogP contribution in [0.15, 0.2) is 73.1 Å². The van der Waals surface area contributed by atoms with Crippen molar-refractivity contribution in [2.24, 2.45) is 0 Å². The summed E-state index contributed by atoms with van der Waals surface area (Å²) in [7, 11) is 0. The van der Waals surface area contributed by atoms with Gasteiger partial charge in [-0.3, -0.25) is 9.97 Å². The number of anilines is 1. The van der Waals surface area contributed by atoms with Gasteiger partial charge in [-0.2, -0.15) is 0 Å². The number of carboxylic acids is 1. The molecule has 0 aliphatic rings. The summed E-state index contributed by atoms with van der Waals surface area (Å²) in [5.74, 6) is -0.410. The van der Waals surface area contributed by atoms with Gasteiger partial charge in [0.25, 0.3) is 0 Å². The number of aromatic nitrogens is 6. The fraction of sp³-hybridized carbons (Fsp3) is 0.154. The molecule has 174 valence electrons. The zero-order valence-electron chi connectivity index (χ0n) is 19.1. The number of hydrogen-bond donors (Lipinski definition) is 2. The van der Waals surface area contributed by atoms with Crippen molar-refractivity contribution in [2.45, 2.75) is 19.9 Å². The lowest BCUT2D eigenvalue weighted by molar-refractivity contribution is 0.0697. The molecule has 5 aromatic rings. The van der Waals surface area contributed by atoms with Crippen LogP contribution in [0.2, 0.25) is 0 Å². The van der Waals surface area contributed by atoms with E-state index < -0.39 is 5.97 Å². The lowest BCUT2D eigenvalue weighted by atomic mass is 9.98. The molecule has 0 aliphatic carbocycles. The van der Waals surface area contributed by atoms with Crippen molar-refractivity contribution >= 4 is 22.7 Å². The summed E-state index contributed by atoms with van der Waals surface area (Å²) in [5, 5.41) is 24.1. The predicted octanol–water partition coefficient (Wildman–Crippen LogP) is 4.59. The molecule has 3 heterocycles.